The topological polar surface area (TPSA) is 83.0 Å². The van der Waals surface area contributed by atoms with Crippen molar-refractivity contribution < 1.29 is 4.79 Å². The van der Waals surface area contributed by atoms with Gasteiger partial charge in [-0.05, 0) is 38.4 Å². The number of nitrogens with one attached hydrogen (secondary N) is 2. The lowest BCUT2D eigenvalue weighted by Gasteiger charge is -2.22. The predicted octanol–water partition coefficient (Wildman–Crippen LogP) is 3.82. The van der Waals surface area contributed by atoms with E-state index in [1.807, 2.05) is 25.1 Å². The number of anilines is 3. The zero-order valence-corrected chi connectivity index (χ0v) is 16.5. The van der Waals surface area contributed by atoms with Crippen molar-refractivity contribution in [3.05, 3.63) is 46.5 Å². The summed E-state index contributed by atoms with van der Waals surface area (Å²) in [4.78, 5) is 28.8. The Kier molecular flexibility index (Phi) is 5.42. The molecule has 7 nitrogen and oxygen atoms in total. The molecule has 1 saturated heterocycles. The highest BCUT2D eigenvalue weighted by atomic mass is 32.1. The van der Waals surface area contributed by atoms with Crippen molar-refractivity contribution in [3.8, 4) is 0 Å². The molecule has 3 aromatic heterocycles. The van der Waals surface area contributed by atoms with E-state index in [2.05, 4.69) is 30.9 Å². The summed E-state index contributed by atoms with van der Waals surface area (Å²) in [5, 5.41) is 9.66. The molecule has 1 fully saturated rings. The van der Waals surface area contributed by atoms with Crippen LogP contribution in [-0.4, -0.2) is 38.8 Å². The number of rotatable bonds is 6. The van der Waals surface area contributed by atoms with Crippen molar-refractivity contribution >= 4 is 44.7 Å². The number of nitrogens with zero attached hydrogens (tertiary/aromatic N) is 4. The third kappa shape index (κ3) is 4.49. The first-order valence-electron chi connectivity index (χ1n) is 8.77. The third-order valence-electron chi connectivity index (χ3n) is 4.34. The Balaban J connectivity index is 1.38. The number of carbonyl (C=O) groups is 1. The number of carbonyl (C=O) groups excluding carboxylic acids is 1. The molecule has 0 radical (unpaired) electrons. The Hall–Kier alpha value is -2.36. The summed E-state index contributed by atoms with van der Waals surface area (Å²) < 4.78 is 0. The van der Waals surface area contributed by atoms with E-state index in [0.29, 0.717) is 11.7 Å². The highest BCUT2D eigenvalue weighted by Gasteiger charge is 2.29. The van der Waals surface area contributed by atoms with E-state index in [9.17, 15) is 4.79 Å². The van der Waals surface area contributed by atoms with E-state index < -0.39 is 0 Å². The average Bonchev–Trinajstić information content (AvgIpc) is 3.38. The van der Waals surface area contributed by atoms with Gasteiger partial charge in [0.05, 0.1) is 18.3 Å². The molecule has 1 aliphatic heterocycles. The van der Waals surface area contributed by atoms with Gasteiger partial charge in [-0.2, -0.15) is 0 Å². The van der Waals surface area contributed by atoms with Crippen molar-refractivity contribution in [2.75, 3.05) is 23.7 Å². The molecular weight excluding hydrogens is 380 g/mol. The molecule has 4 rings (SSSR count). The van der Waals surface area contributed by atoms with Crippen molar-refractivity contribution in [1.82, 2.24) is 19.9 Å². The number of hydrogen-bond donors (Lipinski definition) is 2. The van der Waals surface area contributed by atoms with Gasteiger partial charge < -0.3 is 10.6 Å². The Morgan fingerprint density at radius 3 is 3.04 bits per heavy atom. The Labute approximate surface area is 165 Å². The smallest absolute Gasteiger partial charge is 0.240 e. The van der Waals surface area contributed by atoms with Crippen molar-refractivity contribution in [2.24, 2.45) is 0 Å². The largest absolute Gasteiger partial charge is 0.316 e. The summed E-state index contributed by atoms with van der Waals surface area (Å²) in [6, 6.07) is 5.90. The number of pyridine rings is 1. The Bertz CT molecular complexity index is 909. The molecule has 0 aliphatic carbocycles. The minimum absolute atomic E-state index is 0.0293. The third-order valence-corrected chi connectivity index (χ3v) is 5.95. The molecule has 1 unspecified atom stereocenters. The van der Waals surface area contributed by atoms with Crippen molar-refractivity contribution in [2.45, 2.75) is 25.8 Å². The first kappa shape index (κ1) is 18.0. The molecule has 27 heavy (non-hydrogen) atoms. The fraction of sp³-hybridized carbons (Fsp3) is 0.333. The van der Waals surface area contributed by atoms with Crippen LogP contribution in [0.15, 0.2) is 36.0 Å². The second kappa shape index (κ2) is 8.12. The highest BCUT2D eigenvalue weighted by molar-refractivity contribution is 7.15. The quantitative estimate of drug-likeness (QED) is 0.654. The zero-order valence-electron chi connectivity index (χ0n) is 14.9. The van der Waals surface area contributed by atoms with E-state index in [1.54, 1.807) is 23.7 Å². The lowest BCUT2D eigenvalue weighted by atomic mass is 10.2. The maximum absolute atomic E-state index is 12.4. The minimum atomic E-state index is -0.0293. The molecule has 0 aromatic carbocycles. The molecule has 9 heteroatoms. The van der Waals surface area contributed by atoms with E-state index in [4.69, 9.17) is 4.98 Å². The average molecular weight is 401 g/mol. The van der Waals surface area contributed by atoms with Gasteiger partial charge in [-0.3, -0.25) is 9.69 Å². The first-order chi connectivity index (χ1) is 13.2. The molecular formula is C18H20N6OS2. The second-order valence-corrected chi connectivity index (χ2v) is 8.46. The van der Waals surface area contributed by atoms with E-state index in [1.165, 1.54) is 11.3 Å². The van der Waals surface area contributed by atoms with Gasteiger partial charge in [-0.1, -0.05) is 6.07 Å². The number of thiazole rings is 2. The van der Waals surface area contributed by atoms with Gasteiger partial charge in [0.15, 0.2) is 10.3 Å². The van der Waals surface area contributed by atoms with Crippen molar-refractivity contribution in [1.29, 1.82) is 0 Å². The van der Waals surface area contributed by atoms with Crippen LogP contribution in [0.1, 0.15) is 29.5 Å². The number of likely N-dealkylation sites (tertiary alicyclic amines) is 1. The molecule has 0 saturated carbocycles. The molecule has 2 N–H and O–H groups in total. The van der Waals surface area contributed by atoms with Gasteiger partial charge in [0.1, 0.15) is 5.82 Å². The number of amides is 1. The highest BCUT2D eigenvalue weighted by Crippen LogP contribution is 2.34. The normalized spacial score (nSPS) is 17.1. The number of hydrogen-bond acceptors (Lipinski definition) is 8. The molecule has 1 aliphatic rings. The van der Waals surface area contributed by atoms with E-state index in [-0.39, 0.29) is 11.9 Å². The SMILES string of the molecule is Cc1cnc(NC(=O)CN2CCCC2c2csc(Nc3ccccn3)n2)s1. The lowest BCUT2D eigenvalue weighted by Crippen LogP contribution is -2.33. The summed E-state index contributed by atoms with van der Waals surface area (Å²) in [6.07, 6.45) is 5.59. The van der Waals surface area contributed by atoms with Gasteiger partial charge in [0.25, 0.3) is 0 Å². The molecule has 0 spiro atoms. The molecule has 1 atom stereocenters. The van der Waals surface area contributed by atoms with Crippen LogP contribution in [0, 0.1) is 6.92 Å². The maximum atomic E-state index is 12.4. The lowest BCUT2D eigenvalue weighted by molar-refractivity contribution is -0.117. The molecule has 1 amide bonds. The number of aryl methyl sites for hydroxylation is 1. The molecule has 4 heterocycles. The van der Waals surface area contributed by atoms with Crippen molar-refractivity contribution in [3.63, 3.8) is 0 Å². The van der Waals surface area contributed by atoms with Crippen LogP contribution in [0.2, 0.25) is 0 Å². The van der Waals surface area contributed by atoms with Crippen LogP contribution in [0.25, 0.3) is 0 Å². The number of aromatic nitrogens is 3. The van der Waals surface area contributed by atoms with Gasteiger partial charge in [0, 0.05) is 22.7 Å². The van der Waals surface area contributed by atoms with Gasteiger partial charge >= 0.3 is 0 Å². The fourth-order valence-corrected chi connectivity index (χ4v) is 4.59. The standard InChI is InChI=1S/C18H20N6OS2/c1-12-9-20-17(27-12)23-16(25)10-24-8-4-5-14(24)13-11-26-18(21-13)22-15-6-2-3-7-19-15/h2-3,6-7,9,11,14H,4-5,8,10H2,1H3,(H,19,21,22)(H,20,23,25). The van der Waals surface area contributed by atoms with Crippen LogP contribution in [0.4, 0.5) is 16.1 Å². The summed E-state index contributed by atoms with van der Waals surface area (Å²) >= 11 is 3.05. The maximum Gasteiger partial charge on any atom is 0.240 e. The monoisotopic (exact) mass is 400 g/mol. The summed E-state index contributed by atoms with van der Waals surface area (Å²) in [5.74, 6) is 0.748. The van der Waals surface area contributed by atoms with Gasteiger partial charge in [-0.25, -0.2) is 15.0 Å². The molecule has 140 valence electrons. The second-order valence-electron chi connectivity index (χ2n) is 6.37. The van der Waals surface area contributed by atoms with Crippen LogP contribution in [0.3, 0.4) is 0 Å². The van der Waals surface area contributed by atoms with Gasteiger partial charge in [0.2, 0.25) is 5.91 Å². The summed E-state index contributed by atoms with van der Waals surface area (Å²) in [7, 11) is 0. The first-order valence-corrected chi connectivity index (χ1v) is 10.5. The van der Waals surface area contributed by atoms with E-state index >= 15 is 0 Å². The molecule has 3 aromatic rings. The zero-order chi connectivity index (χ0) is 18.6. The van der Waals surface area contributed by atoms with Gasteiger partial charge in [-0.15, -0.1) is 22.7 Å². The predicted molar refractivity (Wildman–Crippen MR) is 109 cm³/mol. The Morgan fingerprint density at radius 1 is 1.33 bits per heavy atom. The van der Waals surface area contributed by atoms with Crippen LogP contribution in [0.5, 0.6) is 0 Å². The Morgan fingerprint density at radius 2 is 2.26 bits per heavy atom. The van der Waals surface area contributed by atoms with Crippen LogP contribution >= 0.6 is 22.7 Å². The fourth-order valence-electron chi connectivity index (χ4n) is 3.15. The van der Waals surface area contributed by atoms with E-state index in [0.717, 1.165) is 40.9 Å². The molecule has 0 bridgehead atoms. The minimum Gasteiger partial charge on any atom is -0.316 e. The van der Waals surface area contributed by atoms with Crippen LogP contribution in [-0.2, 0) is 4.79 Å². The summed E-state index contributed by atoms with van der Waals surface area (Å²) in [5.41, 5.74) is 1.01. The summed E-state index contributed by atoms with van der Waals surface area (Å²) in [6.45, 7) is 3.22. The van der Waals surface area contributed by atoms with Crippen LogP contribution < -0.4 is 10.6 Å².